The molecular weight excluding hydrogens is 394 g/mol. The first kappa shape index (κ1) is 22.1. The molecule has 29 heavy (non-hydrogen) atoms. The molecule has 0 aliphatic carbocycles. The third-order valence-electron chi connectivity index (χ3n) is 4.06. The van der Waals surface area contributed by atoms with Gasteiger partial charge in [-0.05, 0) is 35.7 Å². The summed E-state index contributed by atoms with van der Waals surface area (Å²) in [6.07, 6.45) is 3.08. The number of aryl methyl sites for hydroxylation is 1. The number of benzene rings is 2. The molecule has 0 aromatic heterocycles. The van der Waals surface area contributed by atoms with Crippen molar-refractivity contribution in [2.75, 3.05) is 24.2 Å². The fraction of sp³-hybridized carbons (Fsp3) is 0.250. The SMILES string of the molecule is CCc1ccccc1N(CC(=O)N/N=C\c1ccc(C(=O)OC)cc1)S(C)(=O)=O. The lowest BCUT2D eigenvalue weighted by Gasteiger charge is -2.23. The summed E-state index contributed by atoms with van der Waals surface area (Å²) < 4.78 is 30.1. The van der Waals surface area contributed by atoms with Gasteiger partial charge in [0.15, 0.2) is 0 Å². The largest absolute Gasteiger partial charge is 0.465 e. The molecule has 1 N–H and O–H groups in total. The Balaban J connectivity index is 2.07. The number of nitrogens with zero attached hydrogens (tertiary/aromatic N) is 2. The molecule has 0 unspecified atom stereocenters. The van der Waals surface area contributed by atoms with Crippen molar-refractivity contribution in [1.29, 1.82) is 0 Å². The third-order valence-corrected chi connectivity index (χ3v) is 5.19. The molecule has 9 heteroatoms. The number of sulfonamides is 1. The highest BCUT2D eigenvalue weighted by Crippen LogP contribution is 2.23. The van der Waals surface area contributed by atoms with E-state index >= 15 is 0 Å². The minimum absolute atomic E-state index is 0.394. The van der Waals surface area contributed by atoms with Crippen molar-refractivity contribution in [1.82, 2.24) is 5.43 Å². The summed E-state index contributed by atoms with van der Waals surface area (Å²) in [4.78, 5) is 23.7. The maximum Gasteiger partial charge on any atom is 0.337 e. The average molecular weight is 417 g/mol. The molecule has 0 fully saturated rings. The van der Waals surface area contributed by atoms with Crippen molar-refractivity contribution in [3.8, 4) is 0 Å². The van der Waals surface area contributed by atoms with Crippen LogP contribution in [0.15, 0.2) is 53.6 Å². The van der Waals surface area contributed by atoms with E-state index in [0.29, 0.717) is 23.2 Å². The van der Waals surface area contributed by atoms with Crippen LogP contribution >= 0.6 is 0 Å². The number of hydrogen-bond acceptors (Lipinski definition) is 6. The summed E-state index contributed by atoms with van der Waals surface area (Å²) in [5.41, 5.74) is 4.65. The van der Waals surface area contributed by atoms with Crippen LogP contribution in [0.3, 0.4) is 0 Å². The zero-order valence-corrected chi connectivity index (χ0v) is 17.3. The second-order valence-electron chi connectivity index (χ2n) is 6.16. The van der Waals surface area contributed by atoms with Gasteiger partial charge in [0.25, 0.3) is 5.91 Å². The number of esters is 1. The first-order chi connectivity index (χ1) is 13.8. The number of hydrazone groups is 1. The Morgan fingerprint density at radius 2 is 1.79 bits per heavy atom. The van der Waals surface area contributed by atoms with Crippen molar-refractivity contribution in [2.45, 2.75) is 13.3 Å². The van der Waals surface area contributed by atoms with Gasteiger partial charge < -0.3 is 4.74 Å². The second kappa shape index (κ2) is 9.83. The van der Waals surface area contributed by atoms with Crippen LogP contribution in [-0.2, 0) is 26.0 Å². The van der Waals surface area contributed by atoms with Crippen molar-refractivity contribution < 1.29 is 22.7 Å². The second-order valence-corrected chi connectivity index (χ2v) is 8.07. The lowest BCUT2D eigenvalue weighted by molar-refractivity contribution is -0.119. The fourth-order valence-electron chi connectivity index (χ4n) is 2.60. The quantitative estimate of drug-likeness (QED) is 0.402. The molecule has 8 nitrogen and oxygen atoms in total. The summed E-state index contributed by atoms with van der Waals surface area (Å²) >= 11 is 0. The van der Waals surface area contributed by atoms with E-state index in [1.165, 1.54) is 13.3 Å². The number of rotatable bonds is 8. The highest BCUT2D eigenvalue weighted by Gasteiger charge is 2.22. The lowest BCUT2D eigenvalue weighted by atomic mass is 10.1. The monoisotopic (exact) mass is 417 g/mol. The molecule has 0 atom stereocenters. The maximum absolute atomic E-state index is 12.3. The number of para-hydroxylation sites is 1. The van der Waals surface area contributed by atoms with Crippen LogP contribution in [0.25, 0.3) is 0 Å². The lowest BCUT2D eigenvalue weighted by Crippen LogP contribution is -2.39. The maximum atomic E-state index is 12.3. The fourth-order valence-corrected chi connectivity index (χ4v) is 3.49. The van der Waals surface area contributed by atoms with Gasteiger partial charge in [-0.1, -0.05) is 37.3 Å². The number of carbonyl (C=O) groups excluding carboxylic acids is 2. The van der Waals surface area contributed by atoms with E-state index in [-0.39, 0.29) is 0 Å². The van der Waals surface area contributed by atoms with E-state index in [1.807, 2.05) is 19.1 Å². The summed E-state index contributed by atoms with van der Waals surface area (Å²) in [5.74, 6) is -1.03. The Hall–Kier alpha value is -3.20. The van der Waals surface area contributed by atoms with Gasteiger partial charge in [-0.3, -0.25) is 9.10 Å². The van der Waals surface area contributed by atoms with E-state index < -0.39 is 28.4 Å². The van der Waals surface area contributed by atoms with Gasteiger partial charge in [0, 0.05) is 0 Å². The van der Waals surface area contributed by atoms with Crippen molar-refractivity contribution >= 4 is 33.8 Å². The molecule has 0 bridgehead atoms. The van der Waals surface area contributed by atoms with E-state index in [9.17, 15) is 18.0 Å². The number of anilines is 1. The summed E-state index contributed by atoms with van der Waals surface area (Å²) in [7, 11) is -2.36. The molecule has 154 valence electrons. The molecule has 0 aliphatic heterocycles. The predicted octanol–water partition coefficient (Wildman–Crippen LogP) is 1.95. The number of amides is 1. The van der Waals surface area contributed by atoms with Crippen molar-refractivity contribution in [2.24, 2.45) is 5.10 Å². The van der Waals surface area contributed by atoms with Gasteiger partial charge in [0.05, 0.1) is 30.8 Å². The number of methoxy groups -OCH3 is 1. The van der Waals surface area contributed by atoms with Crippen molar-refractivity contribution in [3.63, 3.8) is 0 Å². The molecule has 1 amide bonds. The zero-order chi connectivity index (χ0) is 21.4. The average Bonchev–Trinajstić information content (AvgIpc) is 2.71. The first-order valence-electron chi connectivity index (χ1n) is 8.82. The molecule has 0 aliphatic rings. The molecular formula is C20H23N3O5S. The van der Waals surface area contributed by atoms with Gasteiger partial charge in [0.1, 0.15) is 6.54 Å². The standard InChI is InChI=1S/C20H23N3O5S/c1-4-16-7-5-6-8-18(16)23(29(3,26)27)14-19(24)22-21-13-15-9-11-17(12-10-15)20(25)28-2/h5-13H,4,14H2,1-3H3,(H,22,24)/b21-13-. The van der Waals surface area contributed by atoms with Crippen LogP contribution in [0.1, 0.15) is 28.4 Å². The Morgan fingerprint density at radius 3 is 2.38 bits per heavy atom. The highest BCUT2D eigenvalue weighted by atomic mass is 32.2. The molecule has 0 saturated heterocycles. The molecule has 2 aromatic carbocycles. The van der Waals surface area contributed by atoms with E-state index in [4.69, 9.17) is 0 Å². The van der Waals surface area contributed by atoms with Crippen LogP contribution in [0.2, 0.25) is 0 Å². The van der Waals surface area contributed by atoms with Crippen LogP contribution in [0, 0.1) is 0 Å². The summed E-state index contributed by atoms with van der Waals surface area (Å²) in [6, 6.07) is 13.5. The minimum Gasteiger partial charge on any atom is -0.465 e. The number of carbonyl (C=O) groups is 2. The van der Waals surface area contributed by atoms with E-state index in [2.05, 4.69) is 15.3 Å². The highest BCUT2D eigenvalue weighted by molar-refractivity contribution is 7.92. The third kappa shape index (κ3) is 6.15. The summed E-state index contributed by atoms with van der Waals surface area (Å²) in [5, 5.41) is 3.85. The van der Waals surface area contributed by atoms with Crippen LogP contribution in [0.5, 0.6) is 0 Å². The Labute approximate surface area is 170 Å². The Morgan fingerprint density at radius 1 is 1.14 bits per heavy atom. The van der Waals surface area contributed by atoms with Crippen molar-refractivity contribution in [3.05, 3.63) is 65.2 Å². The summed E-state index contributed by atoms with van der Waals surface area (Å²) in [6.45, 7) is 1.52. The topological polar surface area (TPSA) is 105 Å². The minimum atomic E-state index is -3.66. The predicted molar refractivity (Wildman–Crippen MR) is 112 cm³/mol. The van der Waals surface area contributed by atoms with Gasteiger partial charge in [-0.25, -0.2) is 18.6 Å². The first-order valence-corrected chi connectivity index (χ1v) is 10.7. The number of nitrogens with one attached hydrogen (secondary N) is 1. The molecule has 0 heterocycles. The van der Waals surface area contributed by atoms with E-state index in [0.717, 1.165) is 16.1 Å². The molecule has 2 rings (SSSR count). The normalized spacial score (nSPS) is 11.3. The molecule has 0 saturated carbocycles. The molecule has 0 spiro atoms. The Bertz CT molecular complexity index is 1000. The molecule has 0 radical (unpaired) electrons. The van der Waals surface area contributed by atoms with E-state index in [1.54, 1.807) is 36.4 Å². The zero-order valence-electron chi connectivity index (χ0n) is 16.5. The van der Waals surface area contributed by atoms with Crippen LogP contribution in [0.4, 0.5) is 5.69 Å². The molecule has 2 aromatic rings. The van der Waals surface area contributed by atoms with Gasteiger partial charge in [-0.15, -0.1) is 0 Å². The Kier molecular flexibility index (Phi) is 7.49. The number of hydrogen-bond donors (Lipinski definition) is 1. The number of ether oxygens (including phenoxy) is 1. The van der Waals surface area contributed by atoms with Crippen LogP contribution < -0.4 is 9.73 Å². The van der Waals surface area contributed by atoms with Gasteiger partial charge >= 0.3 is 5.97 Å². The van der Waals surface area contributed by atoms with Gasteiger partial charge in [0.2, 0.25) is 10.0 Å². The van der Waals surface area contributed by atoms with Crippen LogP contribution in [-0.4, -0.2) is 46.4 Å². The smallest absolute Gasteiger partial charge is 0.337 e. The van der Waals surface area contributed by atoms with Gasteiger partial charge in [-0.2, -0.15) is 5.10 Å².